The number of aromatic amines is 1. The highest BCUT2D eigenvalue weighted by atomic mass is 19.1. The number of aromatic nitrogens is 2. The van der Waals surface area contributed by atoms with E-state index in [-0.39, 0.29) is 24.4 Å². The van der Waals surface area contributed by atoms with Crippen LogP contribution >= 0.6 is 0 Å². The molecule has 0 unspecified atom stereocenters. The number of aliphatic hydroxyl groups is 1. The quantitative estimate of drug-likeness (QED) is 0.189. The van der Waals surface area contributed by atoms with Gasteiger partial charge in [0.15, 0.2) is 11.6 Å². The second-order valence-electron chi connectivity index (χ2n) is 9.35. The first-order valence-corrected chi connectivity index (χ1v) is 12.4. The van der Waals surface area contributed by atoms with E-state index in [2.05, 4.69) is 16.8 Å². The maximum Gasteiger partial charge on any atom is 0.328 e. The van der Waals surface area contributed by atoms with Crippen molar-refractivity contribution in [3.05, 3.63) is 74.1 Å². The van der Waals surface area contributed by atoms with Crippen molar-refractivity contribution in [3.63, 3.8) is 0 Å². The Labute approximate surface area is 214 Å². The summed E-state index contributed by atoms with van der Waals surface area (Å²) in [7, 11) is 0. The zero-order chi connectivity index (χ0) is 27.0. The SMILES string of the molecule is C=NN(C[C@](O)(CC)c1ccc(F)c(OCC2CC2)c1)/C(CCCCn1ccc(=O)[nH]c1=O)=C(\N)CF. The molecule has 0 radical (unpaired) electrons. The third-order valence-corrected chi connectivity index (χ3v) is 6.59. The Morgan fingerprint density at radius 1 is 1.35 bits per heavy atom. The van der Waals surface area contributed by atoms with Gasteiger partial charge in [-0.3, -0.25) is 14.8 Å². The number of nitrogens with zero attached hydrogens (tertiary/aromatic N) is 3. The van der Waals surface area contributed by atoms with Crippen molar-refractivity contribution in [1.29, 1.82) is 0 Å². The van der Waals surface area contributed by atoms with Crippen molar-refractivity contribution in [2.24, 2.45) is 16.8 Å². The van der Waals surface area contributed by atoms with Crippen LogP contribution in [0.5, 0.6) is 5.75 Å². The fourth-order valence-corrected chi connectivity index (χ4v) is 4.01. The van der Waals surface area contributed by atoms with E-state index in [1.165, 1.54) is 40.0 Å². The molecule has 0 amide bonds. The Bertz CT molecular complexity index is 1220. The second kappa shape index (κ2) is 12.7. The lowest BCUT2D eigenvalue weighted by Crippen LogP contribution is -2.39. The minimum Gasteiger partial charge on any atom is -0.490 e. The topological polar surface area (TPSA) is 126 Å². The third kappa shape index (κ3) is 7.51. The number of hydrogen-bond acceptors (Lipinski definition) is 7. The van der Waals surface area contributed by atoms with Gasteiger partial charge in [-0.25, -0.2) is 13.6 Å². The van der Waals surface area contributed by atoms with Crippen molar-refractivity contribution in [3.8, 4) is 5.75 Å². The van der Waals surface area contributed by atoms with Crippen LogP contribution in [0.15, 0.2) is 56.5 Å². The van der Waals surface area contributed by atoms with Crippen molar-refractivity contribution in [1.82, 2.24) is 14.6 Å². The lowest BCUT2D eigenvalue weighted by atomic mass is 9.90. The number of allylic oxidation sites excluding steroid dienone is 2. The van der Waals surface area contributed by atoms with Crippen LogP contribution in [0.3, 0.4) is 0 Å². The number of H-pyrrole nitrogens is 1. The number of unbranched alkanes of at least 4 members (excludes halogenated alkanes) is 1. The predicted octanol–water partition coefficient (Wildman–Crippen LogP) is 2.99. The van der Waals surface area contributed by atoms with Crippen LogP contribution in [0.1, 0.15) is 51.0 Å². The van der Waals surface area contributed by atoms with Crippen molar-refractivity contribution >= 4 is 6.72 Å². The summed E-state index contributed by atoms with van der Waals surface area (Å²) < 4.78 is 35.0. The molecular weight excluding hydrogens is 484 g/mol. The van der Waals surface area contributed by atoms with Crippen molar-refractivity contribution < 1.29 is 18.6 Å². The highest BCUT2D eigenvalue weighted by Crippen LogP contribution is 2.34. The van der Waals surface area contributed by atoms with E-state index in [1.807, 2.05) is 0 Å². The van der Waals surface area contributed by atoms with Crippen molar-refractivity contribution in [2.75, 3.05) is 19.8 Å². The number of nitrogens with two attached hydrogens (primary N) is 1. The number of alkyl halides is 1. The van der Waals surface area contributed by atoms with Gasteiger partial charge < -0.3 is 20.1 Å². The summed E-state index contributed by atoms with van der Waals surface area (Å²) in [6, 6.07) is 5.51. The maximum atomic E-state index is 14.3. The summed E-state index contributed by atoms with van der Waals surface area (Å²) in [5.41, 5.74) is 4.28. The number of benzene rings is 1. The molecule has 1 fully saturated rings. The molecular formula is C26H35F2N5O4. The molecule has 1 saturated carbocycles. The minimum atomic E-state index is -1.47. The zero-order valence-corrected chi connectivity index (χ0v) is 21.1. The van der Waals surface area contributed by atoms with Crippen LogP contribution in [0.4, 0.5) is 8.78 Å². The van der Waals surface area contributed by atoms with Crippen LogP contribution in [-0.2, 0) is 12.1 Å². The van der Waals surface area contributed by atoms with E-state index in [0.717, 1.165) is 12.8 Å². The number of aryl methyl sites for hydroxylation is 1. The van der Waals surface area contributed by atoms with E-state index in [1.54, 1.807) is 6.92 Å². The summed E-state index contributed by atoms with van der Waals surface area (Å²) in [6.45, 7) is 5.13. The van der Waals surface area contributed by atoms with Crippen molar-refractivity contribution in [2.45, 2.75) is 57.6 Å². The lowest BCUT2D eigenvalue weighted by molar-refractivity contribution is 0.00313. The van der Waals surface area contributed by atoms with Gasteiger partial charge in [-0.2, -0.15) is 5.10 Å². The summed E-state index contributed by atoms with van der Waals surface area (Å²) in [5.74, 6) is 0.00379. The van der Waals surface area contributed by atoms with Gasteiger partial charge in [0, 0.05) is 25.5 Å². The highest BCUT2D eigenvalue weighted by Gasteiger charge is 2.32. The van der Waals surface area contributed by atoms with Gasteiger partial charge >= 0.3 is 5.69 Å². The summed E-state index contributed by atoms with van der Waals surface area (Å²) in [4.78, 5) is 25.3. The van der Waals surface area contributed by atoms with Crippen LogP contribution in [-0.4, -0.2) is 46.2 Å². The van der Waals surface area contributed by atoms with E-state index >= 15 is 0 Å². The van der Waals surface area contributed by atoms with Gasteiger partial charge in [0.05, 0.1) is 24.5 Å². The first kappa shape index (κ1) is 28.1. The molecule has 1 aromatic carbocycles. The van der Waals surface area contributed by atoms with Gasteiger partial charge in [-0.05, 0) is 62.1 Å². The average molecular weight is 520 g/mol. The summed E-state index contributed by atoms with van der Waals surface area (Å²) >= 11 is 0. The molecule has 11 heteroatoms. The largest absolute Gasteiger partial charge is 0.490 e. The van der Waals surface area contributed by atoms with E-state index in [0.29, 0.717) is 49.6 Å². The Balaban J connectivity index is 1.72. The first-order chi connectivity index (χ1) is 17.7. The standard InChI is InChI=1S/C26H35F2N5O4/c1-3-26(36,19-9-10-20(28)23(14-19)37-16-18-7-8-18)17-33(30-2)22(21(29)15-27)6-4-5-12-32-13-11-24(34)31-25(32)35/h9-11,13-14,18,36H,2-8,12,15-17,29H2,1H3,(H,31,34,35)/b22-21-/t26-/m1/s1. The maximum absolute atomic E-state index is 14.3. The number of halogens is 2. The lowest BCUT2D eigenvalue weighted by Gasteiger charge is -2.34. The first-order valence-electron chi connectivity index (χ1n) is 12.4. The molecule has 2 aromatic rings. The molecule has 1 atom stereocenters. The summed E-state index contributed by atoms with van der Waals surface area (Å²) in [6.07, 6.45) is 5.17. The molecule has 3 rings (SSSR count). The van der Waals surface area contributed by atoms with E-state index in [9.17, 15) is 23.5 Å². The summed E-state index contributed by atoms with van der Waals surface area (Å²) in [5, 5.41) is 16.9. The van der Waals surface area contributed by atoms with Crippen LogP contribution in [0.2, 0.25) is 0 Å². The molecule has 9 nitrogen and oxygen atoms in total. The van der Waals surface area contributed by atoms with Crippen LogP contribution < -0.4 is 21.7 Å². The number of hydrazone groups is 1. The van der Waals surface area contributed by atoms with Gasteiger partial charge in [0.25, 0.3) is 5.56 Å². The Morgan fingerprint density at radius 2 is 2.11 bits per heavy atom. The Morgan fingerprint density at radius 3 is 2.73 bits per heavy atom. The van der Waals surface area contributed by atoms with Crippen LogP contribution in [0, 0.1) is 11.7 Å². The smallest absolute Gasteiger partial charge is 0.328 e. The number of hydrogen-bond donors (Lipinski definition) is 3. The Kier molecular flexibility index (Phi) is 9.62. The highest BCUT2D eigenvalue weighted by molar-refractivity contribution is 5.35. The van der Waals surface area contributed by atoms with E-state index in [4.69, 9.17) is 10.5 Å². The number of ether oxygens (including phenoxy) is 1. The molecule has 0 spiro atoms. The third-order valence-electron chi connectivity index (χ3n) is 6.59. The normalized spacial score (nSPS) is 15.6. The average Bonchev–Trinajstić information content (AvgIpc) is 3.72. The predicted molar refractivity (Wildman–Crippen MR) is 137 cm³/mol. The molecule has 1 aliphatic rings. The fraction of sp³-hybridized carbons (Fsp3) is 0.500. The zero-order valence-electron chi connectivity index (χ0n) is 21.1. The monoisotopic (exact) mass is 519 g/mol. The molecule has 1 heterocycles. The molecule has 37 heavy (non-hydrogen) atoms. The molecule has 0 aliphatic heterocycles. The number of rotatable bonds is 15. The van der Waals surface area contributed by atoms with Crippen LogP contribution in [0.25, 0.3) is 0 Å². The molecule has 202 valence electrons. The Hall–Kier alpha value is -3.47. The van der Waals surface area contributed by atoms with Gasteiger partial charge in [-0.1, -0.05) is 13.0 Å². The second-order valence-corrected chi connectivity index (χ2v) is 9.35. The molecule has 0 bridgehead atoms. The molecule has 1 aromatic heterocycles. The van der Waals surface area contributed by atoms with Gasteiger partial charge in [-0.15, -0.1) is 0 Å². The molecule has 1 aliphatic carbocycles. The van der Waals surface area contributed by atoms with Gasteiger partial charge in [0.1, 0.15) is 12.3 Å². The fourth-order valence-electron chi connectivity index (χ4n) is 4.01. The minimum absolute atomic E-state index is 0.0420. The number of nitrogens with one attached hydrogen (secondary N) is 1. The molecule has 4 N–H and O–H groups in total. The van der Waals surface area contributed by atoms with E-state index < -0.39 is 29.3 Å². The van der Waals surface area contributed by atoms with Gasteiger partial charge in [0.2, 0.25) is 0 Å². The molecule has 0 saturated heterocycles.